The molecule has 0 bridgehead atoms. The van der Waals surface area contributed by atoms with Gasteiger partial charge in [-0.15, -0.1) is 0 Å². The molecule has 12 rings (SSSR count). The summed E-state index contributed by atoms with van der Waals surface area (Å²) in [6.45, 7) is 0. The van der Waals surface area contributed by atoms with Crippen LogP contribution in [0.1, 0.15) is 22.3 Å². The fraction of sp³-hybridized carbons (Fsp3) is 0.0204. The van der Waals surface area contributed by atoms with Crippen LogP contribution in [0.15, 0.2) is 170 Å². The van der Waals surface area contributed by atoms with Crippen LogP contribution in [0.5, 0.6) is 0 Å². The highest BCUT2D eigenvalue weighted by Crippen LogP contribution is 2.64. The lowest BCUT2D eigenvalue weighted by Gasteiger charge is -2.31. The average molecular weight is 617 g/mol. The van der Waals surface area contributed by atoms with E-state index in [4.69, 9.17) is 0 Å². The number of rotatable bonds is 1. The molecule has 0 radical (unpaired) electrons. The second kappa shape index (κ2) is 9.01. The number of fused-ring (bicyclic) bond motifs is 13. The standard InChI is InChI=1S/C49H28/c1-2-9-33-28-45-42(27-32(33)8-1)41-25-21-35-26-34(36-22-18-31-17-16-29-10-7-11-30-19-24-40(36)47(31)46(29)30)20-23-37(35)48(41)49(45)43-14-5-3-12-38(43)39-13-4-6-15-44(39)49/h1-28H. The third-order valence-electron chi connectivity index (χ3n) is 11.8. The Hall–Kier alpha value is -6.24. The van der Waals surface area contributed by atoms with Gasteiger partial charge in [-0.25, -0.2) is 0 Å². The molecule has 2 aliphatic carbocycles. The Morgan fingerprint density at radius 2 is 0.857 bits per heavy atom. The summed E-state index contributed by atoms with van der Waals surface area (Å²) in [5.74, 6) is 0. The lowest BCUT2D eigenvalue weighted by atomic mass is 9.69. The number of hydrogen-bond donors (Lipinski definition) is 0. The summed E-state index contributed by atoms with van der Waals surface area (Å²) >= 11 is 0. The second-order valence-electron chi connectivity index (χ2n) is 14.0. The van der Waals surface area contributed by atoms with Crippen molar-refractivity contribution in [2.45, 2.75) is 5.41 Å². The molecular formula is C49H28. The normalized spacial score (nSPS) is 13.9. The van der Waals surface area contributed by atoms with Gasteiger partial charge in [-0.3, -0.25) is 0 Å². The van der Waals surface area contributed by atoms with Crippen molar-refractivity contribution in [1.82, 2.24) is 0 Å². The van der Waals surface area contributed by atoms with E-state index in [2.05, 4.69) is 170 Å². The molecule has 224 valence electrons. The minimum absolute atomic E-state index is 0.393. The highest BCUT2D eigenvalue weighted by atomic mass is 14.5. The Morgan fingerprint density at radius 3 is 1.63 bits per heavy atom. The monoisotopic (exact) mass is 616 g/mol. The van der Waals surface area contributed by atoms with E-state index in [0.717, 1.165) is 0 Å². The van der Waals surface area contributed by atoms with E-state index < -0.39 is 5.41 Å². The van der Waals surface area contributed by atoms with Gasteiger partial charge in [-0.2, -0.15) is 0 Å². The molecule has 10 aromatic carbocycles. The molecule has 0 atom stereocenters. The summed E-state index contributed by atoms with van der Waals surface area (Å²) in [6.07, 6.45) is 0. The molecule has 0 heterocycles. The quantitative estimate of drug-likeness (QED) is 0.161. The van der Waals surface area contributed by atoms with Crippen molar-refractivity contribution in [3.8, 4) is 33.4 Å². The van der Waals surface area contributed by atoms with Gasteiger partial charge in [-0.05, 0) is 128 Å². The van der Waals surface area contributed by atoms with Gasteiger partial charge >= 0.3 is 0 Å². The fourth-order valence-corrected chi connectivity index (χ4v) is 9.82. The van der Waals surface area contributed by atoms with Crippen LogP contribution in [-0.2, 0) is 5.41 Å². The first kappa shape index (κ1) is 25.8. The Balaban J connectivity index is 1.17. The summed E-state index contributed by atoms with van der Waals surface area (Å²) in [5.41, 5.74) is 13.1. The Labute approximate surface area is 283 Å². The molecule has 0 saturated carbocycles. The third kappa shape index (κ3) is 3.11. The molecule has 0 amide bonds. The van der Waals surface area contributed by atoms with Gasteiger partial charge in [0.2, 0.25) is 0 Å². The second-order valence-corrected chi connectivity index (χ2v) is 14.0. The van der Waals surface area contributed by atoms with E-state index in [9.17, 15) is 0 Å². The van der Waals surface area contributed by atoms with Gasteiger partial charge in [0, 0.05) is 0 Å². The SMILES string of the molecule is c1ccc2c(c1)-c1ccccc1C21c2cc3ccccc3cc2-c2ccc3cc(-c4ccc5ccc6cccc7ccc4c5c67)ccc3c21. The van der Waals surface area contributed by atoms with Gasteiger partial charge < -0.3 is 0 Å². The molecule has 0 aliphatic heterocycles. The van der Waals surface area contributed by atoms with E-state index in [-0.39, 0.29) is 0 Å². The van der Waals surface area contributed by atoms with Gasteiger partial charge in [0.15, 0.2) is 0 Å². The summed E-state index contributed by atoms with van der Waals surface area (Å²) in [5, 5.41) is 13.1. The predicted octanol–water partition coefficient (Wildman–Crippen LogP) is 12.9. The zero-order chi connectivity index (χ0) is 31.8. The first-order chi connectivity index (χ1) is 24.3. The van der Waals surface area contributed by atoms with Crippen molar-refractivity contribution in [1.29, 1.82) is 0 Å². The molecule has 0 heteroatoms. The molecule has 0 aromatic heterocycles. The van der Waals surface area contributed by atoms with Gasteiger partial charge in [0.1, 0.15) is 0 Å². The van der Waals surface area contributed by atoms with Crippen molar-refractivity contribution in [2.75, 3.05) is 0 Å². The number of benzene rings is 10. The van der Waals surface area contributed by atoms with Crippen LogP contribution >= 0.6 is 0 Å². The van der Waals surface area contributed by atoms with Gasteiger partial charge in [0.05, 0.1) is 5.41 Å². The molecule has 0 unspecified atom stereocenters. The van der Waals surface area contributed by atoms with E-state index in [1.807, 2.05) is 0 Å². The van der Waals surface area contributed by atoms with Crippen LogP contribution in [0.2, 0.25) is 0 Å². The Bertz CT molecular complexity index is 2990. The third-order valence-corrected chi connectivity index (χ3v) is 11.8. The van der Waals surface area contributed by atoms with Crippen molar-refractivity contribution < 1.29 is 0 Å². The Kier molecular flexibility index (Phi) is 4.74. The van der Waals surface area contributed by atoms with Crippen molar-refractivity contribution >= 4 is 53.9 Å². The first-order valence-corrected chi connectivity index (χ1v) is 17.3. The van der Waals surface area contributed by atoms with Crippen LogP contribution in [0, 0.1) is 0 Å². The highest BCUT2D eigenvalue weighted by molar-refractivity contribution is 6.25. The summed E-state index contributed by atoms with van der Waals surface area (Å²) in [4.78, 5) is 0. The molecule has 0 N–H and O–H groups in total. The molecule has 1 spiro atoms. The molecule has 2 aliphatic rings. The Morgan fingerprint density at radius 1 is 0.286 bits per heavy atom. The molecule has 49 heavy (non-hydrogen) atoms. The lowest BCUT2D eigenvalue weighted by molar-refractivity contribution is 0.802. The van der Waals surface area contributed by atoms with Crippen molar-refractivity contribution in [3.05, 3.63) is 192 Å². The van der Waals surface area contributed by atoms with E-state index in [1.165, 1.54) is 109 Å². The summed E-state index contributed by atoms with van der Waals surface area (Å²) < 4.78 is 0. The van der Waals surface area contributed by atoms with Crippen LogP contribution in [0.25, 0.3) is 87.2 Å². The maximum Gasteiger partial charge on any atom is 0.0731 e. The average Bonchev–Trinajstić information content (AvgIpc) is 3.62. The zero-order valence-corrected chi connectivity index (χ0v) is 26.7. The smallest absolute Gasteiger partial charge is 0.0619 e. The zero-order valence-electron chi connectivity index (χ0n) is 26.7. The minimum Gasteiger partial charge on any atom is -0.0619 e. The first-order valence-electron chi connectivity index (χ1n) is 17.3. The molecular weight excluding hydrogens is 589 g/mol. The number of hydrogen-bond acceptors (Lipinski definition) is 0. The topological polar surface area (TPSA) is 0 Å². The molecule has 0 saturated heterocycles. The molecule has 0 nitrogen and oxygen atoms in total. The fourth-order valence-electron chi connectivity index (χ4n) is 9.82. The highest BCUT2D eigenvalue weighted by Gasteiger charge is 2.52. The maximum absolute atomic E-state index is 2.48. The summed E-state index contributed by atoms with van der Waals surface area (Å²) in [7, 11) is 0. The van der Waals surface area contributed by atoms with Crippen LogP contribution < -0.4 is 0 Å². The minimum atomic E-state index is -0.393. The summed E-state index contributed by atoms with van der Waals surface area (Å²) in [6, 6.07) is 64.4. The van der Waals surface area contributed by atoms with Crippen LogP contribution in [0.3, 0.4) is 0 Å². The molecule has 10 aromatic rings. The van der Waals surface area contributed by atoms with Gasteiger partial charge in [0.25, 0.3) is 0 Å². The van der Waals surface area contributed by atoms with E-state index in [1.54, 1.807) is 0 Å². The molecule has 0 fully saturated rings. The van der Waals surface area contributed by atoms with Crippen LogP contribution in [0.4, 0.5) is 0 Å². The van der Waals surface area contributed by atoms with Crippen LogP contribution in [-0.4, -0.2) is 0 Å². The van der Waals surface area contributed by atoms with E-state index in [0.29, 0.717) is 0 Å². The van der Waals surface area contributed by atoms with E-state index >= 15 is 0 Å². The maximum atomic E-state index is 2.48. The van der Waals surface area contributed by atoms with Gasteiger partial charge in [-0.1, -0.05) is 152 Å². The van der Waals surface area contributed by atoms with Crippen molar-refractivity contribution in [2.24, 2.45) is 0 Å². The largest absolute Gasteiger partial charge is 0.0731 e. The predicted molar refractivity (Wildman–Crippen MR) is 207 cm³/mol. The van der Waals surface area contributed by atoms with Crippen molar-refractivity contribution in [3.63, 3.8) is 0 Å². The lowest BCUT2D eigenvalue weighted by Crippen LogP contribution is -2.26.